The summed E-state index contributed by atoms with van der Waals surface area (Å²) < 4.78 is 2.67. The topological polar surface area (TPSA) is 22.0 Å². The summed E-state index contributed by atoms with van der Waals surface area (Å²) in [7, 11) is 0. The molecule has 0 aliphatic heterocycles. The fraction of sp³-hybridized carbons (Fsp3) is 0.353. The van der Waals surface area contributed by atoms with E-state index in [0.29, 0.717) is 6.54 Å². The number of benzene rings is 1. The van der Waals surface area contributed by atoms with Gasteiger partial charge in [-0.25, -0.2) is 0 Å². The predicted octanol–water partition coefficient (Wildman–Crippen LogP) is 4.27. The number of nitrogens with zero attached hydrogens (tertiary/aromatic N) is 1. The van der Waals surface area contributed by atoms with E-state index in [9.17, 15) is 4.79 Å². The summed E-state index contributed by atoms with van der Waals surface area (Å²) in [5.74, 6) is 0. The lowest BCUT2D eigenvalue weighted by Crippen LogP contribution is -2.22. The zero-order valence-electron chi connectivity index (χ0n) is 12.4. The fourth-order valence-corrected chi connectivity index (χ4v) is 2.75. The average Bonchev–Trinajstić information content (AvgIpc) is 2.35. The maximum Gasteiger partial charge on any atom is 0.253 e. The largest absolute Gasteiger partial charge is 0.310 e. The lowest BCUT2D eigenvalue weighted by Gasteiger charge is -2.19. The highest BCUT2D eigenvalue weighted by atomic mass is 79.9. The molecule has 1 aromatic heterocycles. The van der Waals surface area contributed by atoms with Crippen LogP contribution in [0.1, 0.15) is 37.5 Å². The van der Waals surface area contributed by atoms with Crippen LogP contribution in [0.5, 0.6) is 0 Å². The van der Waals surface area contributed by atoms with Crippen molar-refractivity contribution in [2.24, 2.45) is 0 Å². The third-order valence-corrected chi connectivity index (χ3v) is 3.84. The van der Waals surface area contributed by atoms with E-state index >= 15 is 0 Å². The molecule has 1 aromatic carbocycles. The van der Waals surface area contributed by atoms with Crippen molar-refractivity contribution in [3.05, 3.63) is 68.0 Å². The monoisotopic (exact) mass is 333 g/mol. The summed E-state index contributed by atoms with van der Waals surface area (Å²) in [6.07, 6.45) is 1.84. The zero-order valence-corrected chi connectivity index (χ0v) is 14.0. The molecular formula is C17H20BrNO. The van der Waals surface area contributed by atoms with E-state index in [1.165, 1.54) is 5.56 Å². The summed E-state index contributed by atoms with van der Waals surface area (Å²) in [5, 5.41) is 0. The Morgan fingerprint density at radius 3 is 2.30 bits per heavy atom. The van der Waals surface area contributed by atoms with Gasteiger partial charge in [0.25, 0.3) is 5.56 Å². The Balaban J connectivity index is 2.29. The highest BCUT2D eigenvalue weighted by Gasteiger charge is 2.13. The number of aryl methyl sites for hydroxylation is 1. The van der Waals surface area contributed by atoms with Crippen LogP contribution in [0, 0.1) is 6.92 Å². The average molecular weight is 334 g/mol. The molecule has 0 unspecified atom stereocenters. The molecule has 0 saturated heterocycles. The molecule has 2 aromatic rings. The van der Waals surface area contributed by atoms with Gasteiger partial charge in [0.2, 0.25) is 0 Å². The first kappa shape index (κ1) is 15.0. The van der Waals surface area contributed by atoms with E-state index in [1.807, 2.05) is 19.2 Å². The fourth-order valence-electron chi connectivity index (χ4n) is 2.16. The van der Waals surface area contributed by atoms with Crippen LogP contribution in [0.2, 0.25) is 0 Å². The smallest absolute Gasteiger partial charge is 0.253 e. The van der Waals surface area contributed by atoms with Crippen LogP contribution in [-0.2, 0) is 12.0 Å². The van der Waals surface area contributed by atoms with Crippen molar-refractivity contribution in [2.45, 2.75) is 39.7 Å². The molecular weight excluding hydrogens is 314 g/mol. The van der Waals surface area contributed by atoms with Crippen LogP contribution in [-0.4, -0.2) is 4.57 Å². The van der Waals surface area contributed by atoms with Crippen LogP contribution in [0.4, 0.5) is 0 Å². The molecule has 0 N–H and O–H groups in total. The predicted molar refractivity (Wildman–Crippen MR) is 87.4 cm³/mol. The number of hydrogen-bond acceptors (Lipinski definition) is 1. The molecule has 0 saturated carbocycles. The molecule has 0 bridgehead atoms. The molecule has 3 heteroatoms. The van der Waals surface area contributed by atoms with Crippen LogP contribution in [0.3, 0.4) is 0 Å². The van der Waals surface area contributed by atoms with Gasteiger partial charge in [-0.1, -0.05) is 45.0 Å². The molecule has 2 rings (SSSR count). The molecule has 0 atom stereocenters. The van der Waals surface area contributed by atoms with E-state index in [4.69, 9.17) is 0 Å². The number of halogens is 1. The Morgan fingerprint density at radius 2 is 1.75 bits per heavy atom. The molecule has 0 fully saturated rings. The highest BCUT2D eigenvalue weighted by Crippen LogP contribution is 2.22. The van der Waals surface area contributed by atoms with Gasteiger partial charge in [0, 0.05) is 16.2 Å². The summed E-state index contributed by atoms with van der Waals surface area (Å²) in [5.41, 5.74) is 3.41. The standard InChI is InChI=1S/C17H20BrNO/c1-12-9-15(18)11-19(16(12)20)10-13-5-7-14(8-6-13)17(2,3)4/h5-9,11H,10H2,1-4H3. The van der Waals surface area contributed by atoms with Gasteiger partial charge in [0.05, 0.1) is 6.54 Å². The van der Waals surface area contributed by atoms with E-state index in [-0.39, 0.29) is 11.0 Å². The van der Waals surface area contributed by atoms with Crippen molar-refractivity contribution in [1.82, 2.24) is 4.57 Å². The van der Waals surface area contributed by atoms with Crippen LogP contribution in [0.15, 0.2) is 45.8 Å². The van der Waals surface area contributed by atoms with E-state index in [1.54, 1.807) is 4.57 Å². The quantitative estimate of drug-likeness (QED) is 0.804. The highest BCUT2D eigenvalue weighted by molar-refractivity contribution is 9.10. The first-order valence-electron chi connectivity index (χ1n) is 6.73. The van der Waals surface area contributed by atoms with E-state index in [2.05, 4.69) is 61.0 Å². The third kappa shape index (κ3) is 3.40. The molecule has 0 aliphatic rings. The first-order valence-corrected chi connectivity index (χ1v) is 7.53. The van der Waals surface area contributed by atoms with Crippen molar-refractivity contribution < 1.29 is 0 Å². The van der Waals surface area contributed by atoms with E-state index in [0.717, 1.165) is 15.6 Å². The number of rotatable bonds is 2. The lowest BCUT2D eigenvalue weighted by molar-refractivity contribution is 0.589. The molecule has 2 nitrogen and oxygen atoms in total. The van der Waals surface area contributed by atoms with Gasteiger partial charge in [-0.15, -0.1) is 0 Å². The molecule has 1 heterocycles. The summed E-state index contributed by atoms with van der Waals surface area (Å²) >= 11 is 3.44. The SMILES string of the molecule is Cc1cc(Br)cn(Cc2ccc(C(C)(C)C)cc2)c1=O. The van der Waals surface area contributed by atoms with E-state index < -0.39 is 0 Å². The molecule has 0 radical (unpaired) electrons. The molecule has 0 aliphatic carbocycles. The molecule has 0 amide bonds. The second kappa shape index (κ2) is 5.57. The second-order valence-corrected chi connectivity index (χ2v) is 7.14. The molecule has 106 valence electrons. The summed E-state index contributed by atoms with van der Waals surface area (Å²) in [4.78, 5) is 12.1. The first-order chi connectivity index (χ1) is 9.27. The lowest BCUT2D eigenvalue weighted by atomic mass is 9.87. The minimum absolute atomic E-state index is 0.0631. The Kier molecular flexibility index (Phi) is 4.19. The second-order valence-electron chi connectivity index (χ2n) is 6.22. The van der Waals surface area contributed by atoms with Crippen LogP contribution >= 0.6 is 15.9 Å². The van der Waals surface area contributed by atoms with Crippen molar-refractivity contribution >= 4 is 15.9 Å². The molecule has 20 heavy (non-hydrogen) atoms. The van der Waals surface area contributed by atoms with Gasteiger partial charge < -0.3 is 4.57 Å². The van der Waals surface area contributed by atoms with Gasteiger partial charge >= 0.3 is 0 Å². The number of pyridine rings is 1. The zero-order chi connectivity index (χ0) is 14.9. The Labute approximate surface area is 128 Å². The van der Waals surface area contributed by atoms with Gasteiger partial charge in [0.1, 0.15) is 0 Å². The normalized spacial score (nSPS) is 11.7. The number of aromatic nitrogens is 1. The van der Waals surface area contributed by atoms with Crippen molar-refractivity contribution in [1.29, 1.82) is 0 Å². The van der Waals surface area contributed by atoms with Gasteiger partial charge in [0.15, 0.2) is 0 Å². The Bertz CT molecular complexity index is 663. The maximum atomic E-state index is 12.1. The Hall–Kier alpha value is -1.35. The van der Waals surface area contributed by atoms with Gasteiger partial charge in [-0.2, -0.15) is 0 Å². The summed E-state index contributed by atoms with van der Waals surface area (Å²) in [6, 6.07) is 10.3. The Morgan fingerprint density at radius 1 is 1.15 bits per heavy atom. The molecule has 0 spiro atoms. The van der Waals surface area contributed by atoms with Crippen molar-refractivity contribution in [2.75, 3.05) is 0 Å². The van der Waals surface area contributed by atoms with Crippen molar-refractivity contribution in [3.8, 4) is 0 Å². The summed E-state index contributed by atoms with van der Waals surface area (Å²) in [6.45, 7) is 9.04. The minimum atomic E-state index is 0.0631. The van der Waals surface area contributed by atoms with Crippen LogP contribution in [0.25, 0.3) is 0 Å². The third-order valence-electron chi connectivity index (χ3n) is 3.40. The van der Waals surface area contributed by atoms with Crippen molar-refractivity contribution in [3.63, 3.8) is 0 Å². The maximum absolute atomic E-state index is 12.1. The number of hydrogen-bond donors (Lipinski definition) is 0. The van der Waals surface area contributed by atoms with Gasteiger partial charge in [-0.3, -0.25) is 4.79 Å². The van der Waals surface area contributed by atoms with Gasteiger partial charge in [-0.05, 0) is 45.5 Å². The minimum Gasteiger partial charge on any atom is -0.310 e. The van der Waals surface area contributed by atoms with Crippen LogP contribution < -0.4 is 5.56 Å².